The molecule has 0 fully saturated rings. The van der Waals surface area contributed by atoms with Crippen LogP contribution in [0.3, 0.4) is 0 Å². The van der Waals surface area contributed by atoms with Crippen molar-refractivity contribution in [2.45, 2.75) is 51.7 Å². The second-order valence-corrected chi connectivity index (χ2v) is 9.60. The number of amides is 2. The fraction of sp³-hybridized carbons (Fsp3) is 0.481. The number of likely N-dealkylation sites (N-methyl/N-ethyl adjacent to an activating group) is 1. The number of ether oxygens (including phenoxy) is 1. The van der Waals surface area contributed by atoms with Crippen molar-refractivity contribution >= 4 is 17.4 Å². The van der Waals surface area contributed by atoms with Crippen LogP contribution in [0, 0.1) is 5.92 Å². The number of aliphatic hydroxyl groups excluding tert-OH is 1. The first-order chi connectivity index (χ1) is 16.9. The summed E-state index contributed by atoms with van der Waals surface area (Å²) in [4.78, 5) is 38.4. The number of fused-ring (bicyclic) bond motifs is 1. The van der Waals surface area contributed by atoms with E-state index in [1.807, 2.05) is 19.9 Å². The van der Waals surface area contributed by atoms with Crippen LogP contribution < -0.4 is 4.74 Å². The molecule has 2 amide bonds. The monoisotopic (exact) mass is 478 g/mol. The lowest BCUT2D eigenvalue weighted by Gasteiger charge is -2.37. The second kappa shape index (κ2) is 11.0. The van der Waals surface area contributed by atoms with Gasteiger partial charge in [-0.1, -0.05) is 13.0 Å². The summed E-state index contributed by atoms with van der Waals surface area (Å²) in [7, 11) is 1.73. The zero-order valence-corrected chi connectivity index (χ0v) is 20.7. The molecule has 2 aromatic heterocycles. The molecule has 2 aromatic rings. The minimum Gasteiger partial charge on any atom is -0.472 e. The Hall–Kier alpha value is -3.26. The van der Waals surface area contributed by atoms with E-state index in [2.05, 4.69) is 16.0 Å². The number of aliphatic hydroxyl groups is 1. The molecule has 0 saturated carbocycles. The standard InChI is InChI=1S/C27H34N4O4/c1-18-15-31(19(2)17-32)27(34)23-12-22(20-8-5-4-6-9-20)14-29-25(23)35-24(18)16-30(3)26(33)21-10-7-11-28-13-21/h7-8,10-14,18-19,24,32H,4-6,9,15-17H2,1-3H3/t18-,19-,24+/m0/s1. The van der Waals surface area contributed by atoms with E-state index >= 15 is 0 Å². The van der Waals surface area contributed by atoms with E-state index in [0.717, 1.165) is 24.8 Å². The summed E-state index contributed by atoms with van der Waals surface area (Å²) in [5.41, 5.74) is 3.04. The van der Waals surface area contributed by atoms with Crippen molar-refractivity contribution in [2.75, 3.05) is 26.7 Å². The number of pyridine rings is 2. The van der Waals surface area contributed by atoms with Gasteiger partial charge in [-0.15, -0.1) is 0 Å². The van der Waals surface area contributed by atoms with Crippen molar-refractivity contribution < 1.29 is 19.4 Å². The zero-order chi connectivity index (χ0) is 24.9. The van der Waals surface area contributed by atoms with Crippen molar-refractivity contribution in [2.24, 2.45) is 5.92 Å². The van der Waals surface area contributed by atoms with E-state index in [4.69, 9.17) is 4.74 Å². The third kappa shape index (κ3) is 5.53. The van der Waals surface area contributed by atoms with Crippen LogP contribution in [-0.2, 0) is 0 Å². The first kappa shape index (κ1) is 24.9. The molecule has 8 heteroatoms. The predicted octanol–water partition coefficient (Wildman–Crippen LogP) is 3.43. The van der Waals surface area contributed by atoms with Crippen molar-refractivity contribution in [3.63, 3.8) is 0 Å². The highest BCUT2D eigenvalue weighted by Crippen LogP contribution is 2.32. The van der Waals surface area contributed by atoms with E-state index in [9.17, 15) is 14.7 Å². The lowest BCUT2D eigenvalue weighted by atomic mass is 9.93. The Morgan fingerprint density at radius 1 is 1.34 bits per heavy atom. The van der Waals surface area contributed by atoms with Gasteiger partial charge in [-0.25, -0.2) is 4.98 Å². The normalized spacial score (nSPS) is 21.2. The molecule has 0 spiro atoms. The maximum Gasteiger partial charge on any atom is 0.259 e. The second-order valence-electron chi connectivity index (χ2n) is 9.60. The van der Waals surface area contributed by atoms with E-state index in [-0.39, 0.29) is 36.3 Å². The van der Waals surface area contributed by atoms with Gasteiger partial charge >= 0.3 is 0 Å². The van der Waals surface area contributed by atoms with Gasteiger partial charge in [0.15, 0.2) is 0 Å². The highest BCUT2D eigenvalue weighted by Gasteiger charge is 2.35. The molecule has 0 unspecified atom stereocenters. The first-order valence-corrected chi connectivity index (χ1v) is 12.3. The lowest BCUT2D eigenvalue weighted by molar-refractivity contribution is 0.0313. The van der Waals surface area contributed by atoms with Gasteiger partial charge in [-0.05, 0) is 61.9 Å². The molecule has 35 heavy (non-hydrogen) atoms. The average molecular weight is 479 g/mol. The summed E-state index contributed by atoms with van der Waals surface area (Å²) in [5.74, 6) is -0.186. The van der Waals surface area contributed by atoms with Gasteiger partial charge < -0.3 is 19.6 Å². The van der Waals surface area contributed by atoms with Crippen LogP contribution in [-0.4, -0.2) is 75.6 Å². The fourth-order valence-electron chi connectivity index (χ4n) is 4.66. The van der Waals surface area contributed by atoms with Crippen LogP contribution in [0.4, 0.5) is 0 Å². The molecular weight excluding hydrogens is 444 g/mol. The van der Waals surface area contributed by atoms with Crippen LogP contribution in [0.25, 0.3) is 5.57 Å². The Kier molecular flexibility index (Phi) is 7.80. The third-order valence-corrected chi connectivity index (χ3v) is 6.89. The van der Waals surface area contributed by atoms with Crippen molar-refractivity contribution in [1.82, 2.24) is 19.8 Å². The maximum absolute atomic E-state index is 13.6. The lowest BCUT2D eigenvalue weighted by Crippen LogP contribution is -2.50. The minimum absolute atomic E-state index is 0.104. The number of carbonyl (C=O) groups is 2. The smallest absolute Gasteiger partial charge is 0.259 e. The summed E-state index contributed by atoms with van der Waals surface area (Å²) < 4.78 is 6.33. The van der Waals surface area contributed by atoms with Gasteiger partial charge in [0, 0.05) is 38.1 Å². The minimum atomic E-state index is -0.395. The highest BCUT2D eigenvalue weighted by atomic mass is 16.5. The van der Waals surface area contributed by atoms with Crippen LogP contribution >= 0.6 is 0 Å². The quantitative estimate of drug-likeness (QED) is 0.684. The highest BCUT2D eigenvalue weighted by molar-refractivity contribution is 5.97. The van der Waals surface area contributed by atoms with Crippen molar-refractivity contribution in [3.8, 4) is 5.88 Å². The van der Waals surface area contributed by atoms with Crippen molar-refractivity contribution in [1.29, 1.82) is 0 Å². The number of hydrogen-bond donors (Lipinski definition) is 1. The Balaban J connectivity index is 1.66. The third-order valence-electron chi connectivity index (χ3n) is 6.89. The van der Waals surface area contributed by atoms with Crippen LogP contribution in [0.15, 0.2) is 42.9 Å². The fourth-order valence-corrected chi connectivity index (χ4v) is 4.66. The number of aromatic nitrogens is 2. The van der Waals surface area contributed by atoms with Gasteiger partial charge in [0.2, 0.25) is 5.88 Å². The predicted molar refractivity (Wildman–Crippen MR) is 133 cm³/mol. The summed E-state index contributed by atoms with van der Waals surface area (Å²) in [6.07, 6.45) is 11.1. The molecule has 8 nitrogen and oxygen atoms in total. The molecule has 1 N–H and O–H groups in total. The number of rotatable bonds is 6. The molecule has 186 valence electrons. The van der Waals surface area contributed by atoms with Gasteiger partial charge in [-0.2, -0.15) is 0 Å². The Labute approximate surface area is 206 Å². The molecule has 0 bridgehead atoms. The topological polar surface area (TPSA) is 95.9 Å². The maximum atomic E-state index is 13.6. The van der Waals surface area contributed by atoms with Crippen LogP contribution in [0.5, 0.6) is 5.88 Å². The number of hydrogen-bond acceptors (Lipinski definition) is 6. The Morgan fingerprint density at radius 3 is 2.86 bits per heavy atom. The van der Waals surface area contributed by atoms with Crippen LogP contribution in [0.2, 0.25) is 0 Å². The van der Waals surface area contributed by atoms with Gasteiger partial charge in [-0.3, -0.25) is 14.6 Å². The molecule has 2 aliphatic rings. The Morgan fingerprint density at radius 2 is 2.17 bits per heavy atom. The Bertz CT molecular complexity index is 1090. The molecule has 0 aromatic carbocycles. The molecule has 3 heterocycles. The molecule has 1 aliphatic carbocycles. The first-order valence-electron chi connectivity index (χ1n) is 12.3. The summed E-state index contributed by atoms with van der Waals surface area (Å²) >= 11 is 0. The molecule has 0 radical (unpaired) electrons. The molecule has 0 saturated heterocycles. The van der Waals surface area contributed by atoms with E-state index in [0.29, 0.717) is 24.2 Å². The van der Waals surface area contributed by atoms with Crippen molar-refractivity contribution in [3.05, 3.63) is 59.6 Å². The summed E-state index contributed by atoms with van der Waals surface area (Å²) in [5, 5.41) is 9.86. The van der Waals surface area contributed by atoms with E-state index in [1.54, 1.807) is 47.6 Å². The zero-order valence-electron chi connectivity index (χ0n) is 20.7. The summed E-state index contributed by atoms with van der Waals surface area (Å²) in [6.45, 7) is 4.40. The number of allylic oxidation sites excluding steroid dienone is 2. The van der Waals surface area contributed by atoms with E-state index in [1.165, 1.54) is 12.0 Å². The number of nitrogens with zero attached hydrogens (tertiary/aromatic N) is 4. The molecule has 1 aliphatic heterocycles. The molecular formula is C27H34N4O4. The van der Waals surface area contributed by atoms with Gasteiger partial charge in [0.05, 0.1) is 24.8 Å². The average Bonchev–Trinajstić information content (AvgIpc) is 2.90. The number of carbonyl (C=O) groups excluding carboxylic acids is 2. The molecule has 4 rings (SSSR count). The summed E-state index contributed by atoms with van der Waals surface area (Å²) in [6, 6.07) is 4.98. The van der Waals surface area contributed by atoms with E-state index < -0.39 is 6.10 Å². The van der Waals surface area contributed by atoms with Gasteiger partial charge in [0.25, 0.3) is 11.8 Å². The SMILES string of the molecule is C[C@H]1CN([C@@H](C)CO)C(=O)c2cc(C3=CCCCC3)cnc2O[C@@H]1CN(C)C(=O)c1cccnc1. The molecule has 3 atom stereocenters. The van der Waals surface area contributed by atoms with Crippen LogP contribution in [0.1, 0.15) is 65.8 Å². The van der Waals surface area contributed by atoms with Gasteiger partial charge in [0.1, 0.15) is 11.7 Å². The largest absolute Gasteiger partial charge is 0.472 e.